The molecule has 14 nitrogen and oxygen atoms in total. The van der Waals surface area contributed by atoms with Gasteiger partial charge in [-0.1, -0.05) is 30.3 Å². The molecule has 6 unspecified atom stereocenters. The first-order chi connectivity index (χ1) is 22.2. The number of hydrogen-bond acceptors (Lipinski definition) is 11. The van der Waals surface area contributed by atoms with Crippen LogP contribution in [0.4, 0.5) is 4.39 Å². The Labute approximate surface area is 266 Å². The SMILES string of the molecule is CC(C)OC(=O)C(C)NP(=O)(OCC1OC(n2ccc(=O)[nH]c2=O)C(C)(F)C1O)Oc1ccc2oc(-c3ccccc3)cc(=O)c2c1. The van der Waals surface area contributed by atoms with Crippen LogP contribution in [0.1, 0.15) is 33.9 Å². The summed E-state index contributed by atoms with van der Waals surface area (Å²) >= 11 is 0. The summed E-state index contributed by atoms with van der Waals surface area (Å²) in [5.74, 6) is -0.563. The van der Waals surface area contributed by atoms with E-state index in [1.54, 1.807) is 38.1 Å². The highest BCUT2D eigenvalue weighted by atomic mass is 31.2. The minimum Gasteiger partial charge on any atom is -0.462 e. The van der Waals surface area contributed by atoms with Crippen molar-refractivity contribution in [3.63, 3.8) is 0 Å². The van der Waals surface area contributed by atoms with E-state index in [2.05, 4.69) is 5.09 Å². The number of hydrogen-bond donors (Lipinski definition) is 3. The van der Waals surface area contributed by atoms with Crippen molar-refractivity contribution in [2.24, 2.45) is 0 Å². The van der Waals surface area contributed by atoms with E-state index in [0.717, 1.165) is 23.8 Å². The van der Waals surface area contributed by atoms with Crippen LogP contribution < -0.4 is 26.3 Å². The summed E-state index contributed by atoms with van der Waals surface area (Å²) in [4.78, 5) is 51.4. The number of benzene rings is 2. The third kappa shape index (κ3) is 7.45. The third-order valence-corrected chi connectivity index (χ3v) is 8.91. The number of carbonyl (C=O) groups excluding carboxylic acids is 1. The highest BCUT2D eigenvalue weighted by molar-refractivity contribution is 7.52. The van der Waals surface area contributed by atoms with E-state index >= 15 is 4.39 Å². The molecule has 3 N–H and O–H groups in total. The van der Waals surface area contributed by atoms with Gasteiger partial charge in [-0.25, -0.2) is 13.8 Å². The number of fused-ring (bicyclic) bond motifs is 1. The Morgan fingerprint density at radius 2 is 1.85 bits per heavy atom. The van der Waals surface area contributed by atoms with Gasteiger partial charge in [0.1, 0.15) is 35.3 Å². The van der Waals surface area contributed by atoms with Gasteiger partial charge >= 0.3 is 19.4 Å². The van der Waals surface area contributed by atoms with Gasteiger partial charge in [0.05, 0.1) is 18.1 Å². The lowest BCUT2D eigenvalue weighted by Crippen LogP contribution is -2.43. The van der Waals surface area contributed by atoms with Gasteiger partial charge in [0.2, 0.25) is 0 Å². The van der Waals surface area contributed by atoms with Crippen LogP contribution in [0.15, 0.2) is 85.7 Å². The molecule has 2 aromatic carbocycles. The predicted molar refractivity (Wildman–Crippen MR) is 167 cm³/mol. The summed E-state index contributed by atoms with van der Waals surface area (Å²) in [5, 5.41) is 13.3. The Morgan fingerprint density at radius 3 is 2.53 bits per heavy atom. The van der Waals surface area contributed by atoms with Gasteiger partial charge in [0.15, 0.2) is 17.3 Å². The Balaban J connectivity index is 1.41. The number of aliphatic hydroxyl groups excluding tert-OH is 1. The number of nitrogens with zero attached hydrogens (tertiary/aromatic N) is 1. The van der Waals surface area contributed by atoms with E-state index < -0.39 is 73.3 Å². The van der Waals surface area contributed by atoms with Crippen molar-refractivity contribution in [1.82, 2.24) is 14.6 Å². The number of ether oxygens (including phenoxy) is 2. The molecule has 16 heteroatoms. The number of carbonyl (C=O) groups is 1. The maximum Gasteiger partial charge on any atom is 0.459 e. The van der Waals surface area contributed by atoms with Gasteiger partial charge < -0.3 is 23.5 Å². The lowest BCUT2D eigenvalue weighted by molar-refractivity contribution is -0.149. The molecule has 1 saturated heterocycles. The number of nitrogens with one attached hydrogen (secondary N) is 2. The number of halogens is 1. The van der Waals surface area contributed by atoms with Gasteiger partial charge in [-0.2, -0.15) is 5.09 Å². The number of aromatic amines is 1. The van der Waals surface area contributed by atoms with E-state index in [1.807, 2.05) is 11.1 Å². The number of alkyl halides is 1. The second-order valence-corrected chi connectivity index (χ2v) is 13.1. The molecular weight excluding hydrogens is 640 g/mol. The van der Waals surface area contributed by atoms with Crippen LogP contribution in [-0.4, -0.2) is 57.3 Å². The summed E-state index contributed by atoms with van der Waals surface area (Å²) < 4.78 is 58.6. The molecular formula is C31H33FN3O11P. The maximum absolute atomic E-state index is 15.7. The van der Waals surface area contributed by atoms with Crippen LogP contribution in [0.25, 0.3) is 22.3 Å². The van der Waals surface area contributed by atoms with E-state index in [1.165, 1.54) is 31.2 Å². The average Bonchev–Trinajstić information content (AvgIpc) is 3.23. The standard InChI is InChI=1S/C31H33FN3O11P/c1-17(2)43-28(39)18(3)34-47(41,42-16-25-27(38)31(4,32)29(45-25)35-13-12-26(37)33-30(35)40)46-20-10-11-23-21(14-20)22(36)15-24(44-23)19-8-6-5-7-9-19/h5-15,17-18,25,27,29,38H,16H2,1-4H3,(H,34,41)(H,33,37,40). The molecule has 0 spiro atoms. The topological polar surface area (TPSA) is 188 Å². The summed E-state index contributed by atoms with van der Waals surface area (Å²) in [6.45, 7) is 4.84. The highest BCUT2D eigenvalue weighted by Gasteiger charge is 2.56. The normalized spacial score (nSPS) is 23.0. The van der Waals surface area contributed by atoms with Crippen molar-refractivity contribution in [2.45, 2.75) is 63.9 Å². The third-order valence-electron chi connectivity index (χ3n) is 7.27. The second kappa shape index (κ2) is 13.4. The molecule has 1 aliphatic heterocycles. The number of esters is 1. The second-order valence-electron chi connectivity index (χ2n) is 11.4. The van der Waals surface area contributed by atoms with Gasteiger partial charge in [0, 0.05) is 23.9 Å². The van der Waals surface area contributed by atoms with Crippen LogP contribution in [0.5, 0.6) is 5.75 Å². The quantitative estimate of drug-likeness (QED) is 0.156. The maximum atomic E-state index is 15.7. The van der Waals surface area contributed by atoms with Gasteiger partial charge in [-0.15, -0.1) is 0 Å². The van der Waals surface area contributed by atoms with E-state index in [0.29, 0.717) is 11.3 Å². The van der Waals surface area contributed by atoms with E-state index in [9.17, 15) is 28.8 Å². The smallest absolute Gasteiger partial charge is 0.459 e. The van der Waals surface area contributed by atoms with Crippen LogP contribution in [0.3, 0.4) is 0 Å². The molecule has 0 radical (unpaired) electrons. The van der Waals surface area contributed by atoms with Crippen LogP contribution in [0.2, 0.25) is 0 Å². The van der Waals surface area contributed by atoms with Crippen LogP contribution >= 0.6 is 7.75 Å². The molecule has 0 bridgehead atoms. The molecule has 250 valence electrons. The zero-order chi connectivity index (χ0) is 34.1. The Hall–Kier alpha value is -4.40. The fraction of sp³-hybridized carbons (Fsp3) is 0.355. The minimum atomic E-state index is -4.59. The van der Waals surface area contributed by atoms with Crippen molar-refractivity contribution < 1.29 is 41.8 Å². The number of aliphatic hydroxyl groups is 1. The first kappa shape index (κ1) is 33.9. The van der Waals surface area contributed by atoms with Gasteiger partial charge in [0.25, 0.3) is 5.56 Å². The zero-order valence-electron chi connectivity index (χ0n) is 25.7. The minimum absolute atomic E-state index is 0.0953. The molecule has 1 aliphatic rings. The van der Waals surface area contributed by atoms with Crippen molar-refractivity contribution >= 4 is 24.7 Å². The van der Waals surface area contributed by atoms with Gasteiger partial charge in [-0.05, 0) is 45.9 Å². The fourth-order valence-electron chi connectivity index (χ4n) is 4.92. The monoisotopic (exact) mass is 673 g/mol. The molecule has 47 heavy (non-hydrogen) atoms. The number of aromatic nitrogens is 2. The molecule has 0 saturated carbocycles. The average molecular weight is 674 g/mol. The van der Waals surface area contributed by atoms with Crippen molar-refractivity contribution in [2.75, 3.05) is 6.61 Å². The molecule has 4 aromatic rings. The van der Waals surface area contributed by atoms with Gasteiger partial charge in [-0.3, -0.25) is 28.5 Å². The summed E-state index contributed by atoms with van der Waals surface area (Å²) in [5.41, 5.74) is -3.78. The summed E-state index contributed by atoms with van der Waals surface area (Å²) in [6.07, 6.45) is -4.57. The van der Waals surface area contributed by atoms with Crippen molar-refractivity contribution in [1.29, 1.82) is 0 Å². The van der Waals surface area contributed by atoms with Crippen LogP contribution in [-0.2, 0) is 23.4 Å². The number of rotatable bonds is 11. The number of H-pyrrole nitrogens is 1. The Kier molecular flexibility index (Phi) is 9.66. The Morgan fingerprint density at radius 1 is 1.13 bits per heavy atom. The van der Waals surface area contributed by atoms with Crippen LogP contribution in [0, 0.1) is 0 Å². The molecule has 2 aromatic heterocycles. The highest BCUT2D eigenvalue weighted by Crippen LogP contribution is 2.48. The lowest BCUT2D eigenvalue weighted by atomic mass is 9.98. The largest absolute Gasteiger partial charge is 0.462 e. The molecule has 1 fully saturated rings. The summed E-state index contributed by atoms with van der Waals surface area (Å²) in [6, 6.07) is 14.1. The first-order valence-corrected chi connectivity index (χ1v) is 16.1. The molecule has 6 atom stereocenters. The first-order valence-electron chi connectivity index (χ1n) is 14.6. The fourth-order valence-corrected chi connectivity index (χ4v) is 6.42. The van der Waals surface area contributed by atoms with Crippen molar-refractivity contribution in [3.8, 4) is 17.1 Å². The zero-order valence-corrected chi connectivity index (χ0v) is 26.6. The predicted octanol–water partition coefficient (Wildman–Crippen LogP) is 3.43. The molecule has 5 rings (SSSR count). The lowest BCUT2D eigenvalue weighted by Gasteiger charge is -2.25. The Bertz CT molecular complexity index is 1990. The summed E-state index contributed by atoms with van der Waals surface area (Å²) in [7, 11) is -4.59. The molecule has 0 amide bonds. The van der Waals surface area contributed by atoms with E-state index in [-0.39, 0.29) is 16.7 Å². The molecule has 3 heterocycles. The molecule has 0 aliphatic carbocycles. The van der Waals surface area contributed by atoms with E-state index in [4.69, 9.17) is 22.9 Å². The van der Waals surface area contributed by atoms with Crippen molar-refractivity contribution in [3.05, 3.63) is 97.9 Å².